The lowest BCUT2D eigenvalue weighted by Crippen LogP contribution is -2.49. The van der Waals surface area contributed by atoms with E-state index in [-0.39, 0.29) is 13.2 Å². The summed E-state index contributed by atoms with van der Waals surface area (Å²) in [6.07, 6.45) is 4.41. The van der Waals surface area contributed by atoms with Gasteiger partial charge in [0.2, 0.25) is 0 Å². The number of aromatic nitrogens is 1. The molecule has 25 heavy (non-hydrogen) atoms. The fourth-order valence-electron chi connectivity index (χ4n) is 2.96. The number of nitrogens with zero attached hydrogens (tertiary/aromatic N) is 3. The largest absolute Gasteiger partial charge is 0.418 e. The summed E-state index contributed by atoms with van der Waals surface area (Å²) in [6, 6.07) is 1.64. The Balaban J connectivity index is 1.51. The van der Waals surface area contributed by atoms with Crippen molar-refractivity contribution in [3.05, 3.63) is 24.5 Å². The van der Waals surface area contributed by atoms with Crippen LogP contribution in [0.2, 0.25) is 0 Å². The topological polar surface area (TPSA) is 130 Å². The zero-order valence-corrected chi connectivity index (χ0v) is 14.0. The van der Waals surface area contributed by atoms with Crippen LogP contribution in [0.5, 0.6) is 0 Å². The maximum atomic E-state index is 12.2. The maximum Gasteiger partial charge on any atom is 0.418 e. The number of carbonyl (C=O) groups excluding carboxylic acids is 2. The van der Waals surface area contributed by atoms with Gasteiger partial charge in [-0.2, -0.15) is 13.5 Å². The third kappa shape index (κ3) is 4.10. The van der Waals surface area contributed by atoms with Crippen molar-refractivity contribution in [3.63, 3.8) is 0 Å². The highest BCUT2D eigenvalue weighted by Gasteiger charge is 2.49. The molecule has 1 aromatic heterocycles. The molecule has 2 aliphatic heterocycles. The van der Waals surface area contributed by atoms with E-state index in [0.29, 0.717) is 24.4 Å². The number of hydroxylamine groups is 3. The van der Waals surface area contributed by atoms with E-state index in [1.54, 1.807) is 0 Å². The first kappa shape index (κ1) is 17.7. The summed E-state index contributed by atoms with van der Waals surface area (Å²) in [4.78, 5) is 30.7. The van der Waals surface area contributed by atoms with Crippen LogP contribution in [-0.2, 0) is 30.9 Å². The van der Waals surface area contributed by atoms with Crippen molar-refractivity contribution in [1.82, 2.24) is 20.0 Å². The number of hydrogen-bond donors (Lipinski definition) is 2. The fraction of sp³-hybridized carbons (Fsp3) is 0.538. The number of carbonyl (C=O) groups is 2. The van der Waals surface area contributed by atoms with Crippen LogP contribution in [0.25, 0.3) is 0 Å². The molecular formula is C13H18N4O7S. The molecule has 0 spiro atoms. The van der Waals surface area contributed by atoms with Crippen LogP contribution in [0.3, 0.4) is 0 Å². The molecule has 138 valence electrons. The highest BCUT2D eigenvalue weighted by atomic mass is 32.3. The lowest BCUT2D eigenvalue weighted by Gasteiger charge is -2.28. The van der Waals surface area contributed by atoms with Crippen LogP contribution in [0.1, 0.15) is 12.8 Å². The second-order valence-electron chi connectivity index (χ2n) is 5.75. The van der Waals surface area contributed by atoms with E-state index in [0.717, 1.165) is 0 Å². The number of piperidine rings is 1. The standard InChI is InChI=1S/C13H18N4O7S/c18-12(14-23-8-7-15-5-1-2-6-15)11-4-3-10-9-16(11)13(19)17(10)24-25(20,21)22/h1-2,5-6,10-11H,3-4,7-9H2,(H,14,18)(H,20,21,22)/t10-,11+/m1/s1. The van der Waals surface area contributed by atoms with Gasteiger partial charge in [-0.3, -0.25) is 14.2 Å². The highest BCUT2D eigenvalue weighted by molar-refractivity contribution is 7.80. The summed E-state index contributed by atoms with van der Waals surface area (Å²) in [5.41, 5.74) is 2.31. The second kappa shape index (κ2) is 7.00. The summed E-state index contributed by atoms with van der Waals surface area (Å²) in [5, 5.41) is 0.593. The molecule has 2 atom stereocenters. The zero-order chi connectivity index (χ0) is 18.0. The monoisotopic (exact) mass is 374 g/mol. The molecule has 2 fully saturated rings. The molecule has 0 radical (unpaired) electrons. The third-order valence-electron chi connectivity index (χ3n) is 4.09. The predicted octanol–water partition coefficient (Wildman–Crippen LogP) is -0.461. The molecule has 0 unspecified atom stereocenters. The maximum absolute atomic E-state index is 12.2. The Morgan fingerprint density at radius 2 is 2.04 bits per heavy atom. The fourth-order valence-corrected chi connectivity index (χ4v) is 3.35. The van der Waals surface area contributed by atoms with Crippen molar-refractivity contribution in [2.24, 2.45) is 0 Å². The molecule has 3 rings (SSSR count). The first-order chi connectivity index (χ1) is 11.8. The molecule has 0 saturated carbocycles. The van der Waals surface area contributed by atoms with Crippen LogP contribution >= 0.6 is 0 Å². The summed E-state index contributed by atoms with van der Waals surface area (Å²) in [6.45, 7) is 0.941. The van der Waals surface area contributed by atoms with Crippen molar-refractivity contribution < 1.29 is 31.7 Å². The number of fused-ring (bicyclic) bond motifs is 2. The zero-order valence-electron chi connectivity index (χ0n) is 13.1. The number of nitrogens with one attached hydrogen (secondary N) is 1. The smallest absolute Gasteiger partial charge is 0.352 e. The average Bonchev–Trinajstić information content (AvgIpc) is 3.14. The molecule has 1 aromatic rings. The lowest BCUT2D eigenvalue weighted by molar-refractivity contribution is -0.139. The minimum atomic E-state index is -4.81. The molecule has 2 aliphatic rings. The van der Waals surface area contributed by atoms with Gasteiger partial charge in [0, 0.05) is 25.5 Å². The van der Waals surface area contributed by atoms with E-state index in [4.69, 9.17) is 9.39 Å². The summed E-state index contributed by atoms with van der Waals surface area (Å²) >= 11 is 0. The molecule has 3 amide bonds. The van der Waals surface area contributed by atoms with Gasteiger partial charge in [-0.15, -0.1) is 4.28 Å². The van der Waals surface area contributed by atoms with E-state index in [9.17, 15) is 18.0 Å². The van der Waals surface area contributed by atoms with Crippen molar-refractivity contribution in [3.8, 4) is 0 Å². The summed E-state index contributed by atoms with van der Waals surface area (Å²) in [7, 11) is -4.81. The van der Waals surface area contributed by atoms with Gasteiger partial charge in [0.1, 0.15) is 6.04 Å². The lowest BCUT2D eigenvalue weighted by atomic mass is 10.0. The second-order valence-corrected chi connectivity index (χ2v) is 6.75. The van der Waals surface area contributed by atoms with Gasteiger partial charge in [-0.1, -0.05) is 0 Å². The summed E-state index contributed by atoms with van der Waals surface area (Å²) in [5.74, 6) is -0.493. The van der Waals surface area contributed by atoms with E-state index in [1.807, 2.05) is 29.1 Å². The first-order valence-electron chi connectivity index (χ1n) is 7.64. The van der Waals surface area contributed by atoms with Gasteiger partial charge >= 0.3 is 16.4 Å². The van der Waals surface area contributed by atoms with Gasteiger partial charge < -0.3 is 9.47 Å². The third-order valence-corrected chi connectivity index (χ3v) is 4.44. The highest BCUT2D eigenvalue weighted by Crippen LogP contribution is 2.30. The Labute approximate surface area is 143 Å². The molecule has 2 N–H and O–H groups in total. The van der Waals surface area contributed by atoms with E-state index < -0.39 is 34.4 Å². The van der Waals surface area contributed by atoms with Crippen molar-refractivity contribution >= 4 is 22.3 Å². The molecule has 2 bridgehead atoms. The minimum Gasteiger partial charge on any atom is -0.352 e. The van der Waals surface area contributed by atoms with E-state index in [1.165, 1.54) is 4.90 Å². The van der Waals surface area contributed by atoms with Gasteiger partial charge in [-0.05, 0) is 25.0 Å². The Morgan fingerprint density at radius 3 is 2.72 bits per heavy atom. The number of urea groups is 1. The first-order valence-corrected chi connectivity index (χ1v) is 9.01. The van der Waals surface area contributed by atoms with Gasteiger partial charge in [0.05, 0.1) is 12.6 Å². The molecule has 3 heterocycles. The van der Waals surface area contributed by atoms with Crippen molar-refractivity contribution in [2.75, 3.05) is 13.2 Å². The Bertz CT molecular complexity index is 736. The van der Waals surface area contributed by atoms with Gasteiger partial charge in [0.15, 0.2) is 0 Å². The van der Waals surface area contributed by atoms with Crippen molar-refractivity contribution in [1.29, 1.82) is 0 Å². The average molecular weight is 374 g/mol. The number of amides is 3. The van der Waals surface area contributed by atoms with Crippen LogP contribution in [0.15, 0.2) is 24.5 Å². The van der Waals surface area contributed by atoms with Crippen molar-refractivity contribution in [2.45, 2.75) is 31.5 Å². The van der Waals surface area contributed by atoms with Crippen LogP contribution < -0.4 is 5.48 Å². The normalized spacial score (nSPS) is 23.2. The van der Waals surface area contributed by atoms with Gasteiger partial charge in [-0.25, -0.2) is 10.3 Å². The minimum absolute atomic E-state index is 0.135. The Kier molecular flexibility index (Phi) is 4.94. The molecular weight excluding hydrogens is 356 g/mol. The molecule has 0 aliphatic carbocycles. The molecule has 0 aromatic carbocycles. The SMILES string of the molecule is O=C(NOCCn1cccc1)[C@@H]1CC[C@@H]2CN1C(=O)N2OS(=O)(=O)O. The summed E-state index contributed by atoms with van der Waals surface area (Å²) < 4.78 is 36.6. The number of hydrogen-bond acceptors (Lipinski definition) is 6. The molecule has 12 heteroatoms. The molecule has 2 saturated heterocycles. The van der Waals surface area contributed by atoms with E-state index in [2.05, 4.69) is 9.76 Å². The van der Waals surface area contributed by atoms with Crippen LogP contribution in [-0.4, -0.2) is 64.7 Å². The predicted molar refractivity (Wildman–Crippen MR) is 81.9 cm³/mol. The molecule has 11 nitrogen and oxygen atoms in total. The number of rotatable bonds is 7. The van der Waals surface area contributed by atoms with Crippen LogP contribution in [0, 0.1) is 0 Å². The van der Waals surface area contributed by atoms with Crippen LogP contribution in [0.4, 0.5) is 4.79 Å². The Hall–Kier alpha value is -2.15. The quantitative estimate of drug-likeness (QED) is 0.375. The van der Waals surface area contributed by atoms with E-state index >= 15 is 0 Å². The Morgan fingerprint density at radius 1 is 1.32 bits per heavy atom. The van der Waals surface area contributed by atoms with Gasteiger partial charge in [0.25, 0.3) is 5.91 Å².